The summed E-state index contributed by atoms with van der Waals surface area (Å²) in [5.41, 5.74) is 1.75. The Hall–Kier alpha value is -2.62. The van der Waals surface area contributed by atoms with Crippen molar-refractivity contribution < 1.29 is 14.6 Å². The van der Waals surface area contributed by atoms with E-state index in [0.717, 1.165) is 11.3 Å². The van der Waals surface area contributed by atoms with Gasteiger partial charge in [-0.25, -0.2) is 4.79 Å². The molecule has 2 aromatic carbocycles. The zero-order chi connectivity index (χ0) is 13.7. The molecule has 2 aromatic rings. The molecule has 0 aliphatic heterocycles. The van der Waals surface area contributed by atoms with E-state index in [0.29, 0.717) is 5.69 Å². The number of benzene rings is 2. The highest BCUT2D eigenvalue weighted by Gasteiger charge is 2.01. The molecule has 0 amide bonds. The van der Waals surface area contributed by atoms with E-state index in [1.54, 1.807) is 25.5 Å². The molecule has 19 heavy (non-hydrogen) atoms. The average molecular weight is 255 g/mol. The van der Waals surface area contributed by atoms with Gasteiger partial charge in [0.2, 0.25) is 0 Å². The minimum Gasteiger partial charge on any atom is -0.497 e. The number of carboxylic acid groups (broad SMARTS) is 1. The van der Waals surface area contributed by atoms with Gasteiger partial charge < -0.3 is 9.84 Å². The molecule has 0 radical (unpaired) electrons. The molecule has 0 aliphatic rings. The lowest BCUT2D eigenvalue weighted by Crippen LogP contribution is -1.94. The van der Waals surface area contributed by atoms with Crippen molar-refractivity contribution >= 4 is 17.9 Å². The lowest BCUT2D eigenvalue weighted by Gasteiger charge is -1.99. The third-order valence-corrected chi connectivity index (χ3v) is 2.57. The summed E-state index contributed by atoms with van der Waals surface area (Å²) < 4.78 is 5.06. The third-order valence-electron chi connectivity index (χ3n) is 2.57. The van der Waals surface area contributed by atoms with Crippen LogP contribution in [-0.4, -0.2) is 24.4 Å². The van der Waals surface area contributed by atoms with Crippen molar-refractivity contribution in [3.63, 3.8) is 0 Å². The topological polar surface area (TPSA) is 58.9 Å². The van der Waals surface area contributed by atoms with Gasteiger partial charge in [-0.1, -0.05) is 6.07 Å². The highest BCUT2D eigenvalue weighted by molar-refractivity contribution is 5.89. The SMILES string of the molecule is COc1ccc(C=Nc2cccc(C(=O)O)c2)cc1. The van der Waals surface area contributed by atoms with Crippen LogP contribution >= 0.6 is 0 Å². The number of aliphatic imine (C=N–C) groups is 1. The van der Waals surface area contributed by atoms with E-state index in [1.807, 2.05) is 24.3 Å². The van der Waals surface area contributed by atoms with Crippen LogP contribution < -0.4 is 4.74 Å². The van der Waals surface area contributed by atoms with Crippen molar-refractivity contribution in [1.82, 2.24) is 0 Å². The molecule has 0 saturated heterocycles. The van der Waals surface area contributed by atoms with E-state index < -0.39 is 5.97 Å². The van der Waals surface area contributed by atoms with Gasteiger partial charge in [0.15, 0.2) is 0 Å². The summed E-state index contributed by atoms with van der Waals surface area (Å²) in [4.78, 5) is 15.1. The van der Waals surface area contributed by atoms with Crippen molar-refractivity contribution in [2.45, 2.75) is 0 Å². The van der Waals surface area contributed by atoms with Gasteiger partial charge >= 0.3 is 5.97 Å². The van der Waals surface area contributed by atoms with Gasteiger partial charge in [-0.05, 0) is 48.0 Å². The minimum atomic E-state index is -0.957. The fourth-order valence-electron chi connectivity index (χ4n) is 1.56. The van der Waals surface area contributed by atoms with Crippen LogP contribution in [0.5, 0.6) is 5.75 Å². The Morgan fingerprint density at radius 3 is 2.58 bits per heavy atom. The van der Waals surface area contributed by atoms with Crippen LogP contribution in [0.3, 0.4) is 0 Å². The van der Waals surface area contributed by atoms with E-state index in [9.17, 15) is 4.79 Å². The van der Waals surface area contributed by atoms with Gasteiger partial charge in [0.25, 0.3) is 0 Å². The maximum absolute atomic E-state index is 10.8. The summed E-state index contributed by atoms with van der Waals surface area (Å²) in [5.74, 6) is -0.175. The Kier molecular flexibility index (Phi) is 3.93. The molecule has 2 rings (SSSR count). The largest absolute Gasteiger partial charge is 0.497 e. The predicted molar refractivity (Wildman–Crippen MR) is 73.6 cm³/mol. The molecule has 0 aromatic heterocycles. The Morgan fingerprint density at radius 1 is 1.21 bits per heavy atom. The van der Waals surface area contributed by atoms with Crippen LogP contribution in [0.4, 0.5) is 5.69 Å². The number of nitrogens with zero attached hydrogens (tertiary/aromatic N) is 1. The summed E-state index contributed by atoms with van der Waals surface area (Å²) in [6.07, 6.45) is 1.68. The summed E-state index contributed by atoms with van der Waals surface area (Å²) in [5, 5.41) is 8.89. The van der Waals surface area contributed by atoms with Gasteiger partial charge in [0, 0.05) is 6.21 Å². The smallest absolute Gasteiger partial charge is 0.335 e. The first-order valence-electron chi connectivity index (χ1n) is 5.70. The zero-order valence-electron chi connectivity index (χ0n) is 10.4. The predicted octanol–water partition coefficient (Wildman–Crippen LogP) is 3.14. The van der Waals surface area contributed by atoms with Crippen LogP contribution in [0.1, 0.15) is 15.9 Å². The fraction of sp³-hybridized carbons (Fsp3) is 0.0667. The van der Waals surface area contributed by atoms with Crippen LogP contribution in [0.15, 0.2) is 53.5 Å². The lowest BCUT2D eigenvalue weighted by atomic mass is 10.2. The number of aromatic carboxylic acids is 1. The maximum Gasteiger partial charge on any atom is 0.335 e. The molecule has 96 valence electrons. The van der Waals surface area contributed by atoms with Crippen molar-refractivity contribution in [3.05, 3.63) is 59.7 Å². The van der Waals surface area contributed by atoms with Gasteiger partial charge in [0.05, 0.1) is 18.4 Å². The van der Waals surface area contributed by atoms with Gasteiger partial charge in [-0.3, -0.25) is 4.99 Å². The van der Waals surface area contributed by atoms with Crippen molar-refractivity contribution in [2.75, 3.05) is 7.11 Å². The second kappa shape index (κ2) is 5.82. The quantitative estimate of drug-likeness (QED) is 0.854. The molecule has 0 spiro atoms. The molecule has 0 bridgehead atoms. The number of carbonyl (C=O) groups is 1. The van der Waals surface area contributed by atoms with Crippen LogP contribution in [-0.2, 0) is 0 Å². The first-order valence-corrected chi connectivity index (χ1v) is 5.70. The first kappa shape index (κ1) is 12.8. The van der Waals surface area contributed by atoms with Crippen LogP contribution in [0, 0.1) is 0 Å². The van der Waals surface area contributed by atoms with E-state index >= 15 is 0 Å². The van der Waals surface area contributed by atoms with Gasteiger partial charge in [0.1, 0.15) is 5.75 Å². The molecule has 4 heteroatoms. The second-order valence-electron chi connectivity index (χ2n) is 3.89. The number of hydrogen-bond donors (Lipinski definition) is 1. The Balaban J connectivity index is 2.17. The number of ether oxygens (including phenoxy) is 1. The van der Waals surface area contributed by atoms with Gasteiger partial charge in [-0.2, -0.15) is 0 Å². The first-order chi connectivity index (χ1) is 9.19. The third kappa shape index (κ3) is 3.42. The fourth-order valence-corrected chi connectivity index (χ4v) is 1.56. The molecule has 1 N–H and O–H groups in total. The zero-order valence-corrected chi connectivity index (χ0v) is 10.4. The van der Waals surface area contributed by atoms with Crippen molar-refractivity contribution in [3.8, 4) is 5.75 Å². The molecular formula is C15H13NO3. The van der Waals surface area contributed by atoms with E-state index in [1.165, 1.54) is 12.1 Å². The average Bonchev–Trinajstić information content (AvgIpc) is 2.46. The van der Waals surface area contributed by atoms with Crippen LogP contribution in [0.25, 0.3) is 0 Å². The summed E-state index contributed by atoms with van der Waals surface area (Å²) >= 11 is 0. The molecule has 0 fully saturated rings. The summed E-state index contributed by atoms with van der Waals surface area (Å²) in [6, 6.07) is 13.9. The van der Waals surface area contributed by atoms with E-state index in [-0.39, 0.29) is 5.56 Å². The highest BCUT2D eigenvalue weighted by Crippen LogP contribution is 2.15. The second-order valence-corrected chi connectivity index (χ2v) is 3.89. The highest BCUT2D eigenvalue weighted by atomic mass is 16.5. The number of methoxy groups -OCH3 is 1. The Labute approximate surface area is 111 Å². The molecule has 4 nitrogen and oxygen atoms in total. The summed E-state index contributed by atoms with van der Waals surface area (Å²) in [7, 11) is 1.61. The van der Waals surface area contributed by atoms with E-state index in [2.05, 4.69) is 4.99 Å². The van der Waals surface area contributed by atoms with E-state index in [4.69, 9.17) is 9.84 Å². The monoisotopic (exact) mass is 255 g/mol. The molecule has 0 heterocycles. The molecule has 0 atom stereocenters. The van der Waals surface area contributed by atoms with Crippen LogP contribution in [0.2, 0.25) is 0 Å². The van der Waals surface area contributed by atoms with Crippen molar-refractivity contribution in [1.29, 1.82) is 0 Å². The molecular weight excluding hydrogens is 242 g/mol. The number of hydrogen-bond acceptors (Lipinski definition) is 3. The number of rotatable bonds is 4. The van der Waals surface area contributed by atoms with Gasteiger partial charge in [-0.15, -0.1) is 0 Å². The maximum atomic E-state index is 10.8. The normalized spacial score (nSPS) is 10.6. The Morgan fingerprint density at radius 2 is 1.95 bits per heavy atom. The molecule has 0 aliphatic carbocycles. The number of carboxylic acids is 1. The standard InChI is InChI=1S/C15H13NO3/c1-19-14-7-5-11(6-8-14)10-16-13-4-2-3-12(9-13)15(17)18/h2-10H,1H3,(H,17,18). The molecule has 0 unspecified atom stereocenters. The molecule has 0 saturated carbocycles. The minimum absolute atomic E-state index is 0.226. The lowest BCUT2D eigenvalue weighted by molar-refractivity contribution is 0.0697. The Bertz CT molecular complexity index is 603. The summed E-state index contributed by atoms with van der Waals surface area (Å²) in [6.45, 7) is 0. The van der Waals surface area contributed by atoms with Crippen molar-refractivity contribution in [2.24, 2.45) is 4.99 Å².